The molecule has 1 atom stereocenters. The van der Waals surface area contributed by atoms with E-state index >= 15 is 0 Å². The summed E-state index contributed by atoms with van der Waals surface area (Å²) in [7, 11) is 1.21. The Morgan fingerprint density at radius 1 is 1.21 bits per heavy atom. The number of carbonyl (C=O) groups is 3. The number of aryl methyl sites for hydroxylation is 1. The summed E-state index contributed by atoms with van der Waals surface area (Å²) < 4.78 is 17.1. The van der Waals surface area contributed by atoms with Gasteiger partial charge in [-0.25, -0.2) is 4.79 Å². The van der Waals surface area contributed by atoms with Gasteiger partial charge in [-0.15, -0.1) is 0 Å². The fourth-order valence-electron chi connectivity index (χ4n) is 3.27. The van der Waals surface area contributed by atoms with Crippen LogP contribution in [0.3, 0.4) is 0 Å². The van der Waals surface area contributed by atoms with Crippen LogP contribution in [0, 0.1) is 6.92 Å². The predicted molar refractivity (Wildman–Crippen MR) is 130 cm³/mol. The van der Waals surface area contributed by atoms with Crippen molar-refractivity contribution in [1.29, 1.82) is 0 Å². The van der Waals surface area contributed by atoms with Gasteiger partial charge in [-0.1, -0.05) is 29.8 Å². The first-order valence-corrected chi connectivity index (χ1v) is 11.9. The molecule has 2 aromatic carbocycles. The number of hydrogen-bond donors (Lipinski definition) is 0. The molecule has 1 fully saturated rings. The van der Waals surface area contributed by atoms with Gasteiger partial charge in [-0.3, -0.25) is 14.5 Å². The number of nitrogens with zero attached hydrogens (tertiary/aromatic N) is 1. The molecular weight excluding hydrogens is 510 g/mol. The van der Waals surface area contributed by atoms with Crippen LogP contribution in [0.2, 0.25) is 0 Å². The second kappa shape index (κ2) is 10.9. The van der Waals surface area contributed by atoms with Gasteiger partial charge >= 0.3 is 5.97 Å². The molecule has 3 rings (SSSR count). The van der Waals surface area contributed by atoms with E-state index in [1.54, 1.807) is 18.2 Å². The number of halogens is 1. The van der Waals surface area contributed by atoms with Crippen molar-refractivity contribution in [2.45, 2.75) is 33.4 Å². The Hall–Kier alpha value is -2.78. The van der Waals surface area contributed by atoms with E-state index in [4.69, 9.17) is 9.47 Å². The fraction of sp³-hybridized carbons (Fsp3) is 0.292. The largest absolute Gasteiger partial charge is 0.490 e. The lowest BCUT2D eigenvalue weighted by molar-refractivity contribution is -0.148. The zero-order valence-electron chi connectivity index (χ0n) is 18.7. The van der Waals surface area contributed by atoms with Gasteiger partial charge in [0.1, 0.15) is 12.6 Å². The molecule has 9 heteroatoms. The van der Waals surface area contributed by atoms with Crippen molar-refractivity contribution in [1.82, 2.24) is 4.90 Å². The van der Waals surface area contributed by atoms with Crippen LogP contribution in [0.4, 0.5) is 4.79 Å². The lowest BCUT2D eigenvalue weighted by Gasteiger charge is -2.18. The molecule has 33 heavy (non-hydrogen) atoms. The molecule has 0 radical (unpaired) electrons. The Morgan fingerprint density at radius 3 is 2.64 bits per heavy atom. The molecule has 2 amide bonds. The molecule has 0 saturated carbocycles. The number of ether oxygens (including phenoxy) is 3. The van der Waals surface area contributed by atoms with Crippen LogP contribution in [0.1, 0.15) is 30.5 Å². The molecule has 0 spiro atoms. The lowest BCUT2D eigenvalue weighted by atomic mass is 10.1. The summed E-state index contributed by atoms with van der Waals surface area (Å²) in [5.41, 5.74) is 2.82. The Kier molecular flexibility index (Phi) is 8.20. The number of esters is 1. The van der Waals surface area contributed by atoms with Gasteiger partial charge in [0, 0.05) is 0 Å². The maximum atomic E-state index is 12.8. The third-order valence-electron chi connectivity index (χ3n) is 4.85. The Bertz CT molecular complexity index is 1120. The Balaban J connectivity index is 1.87. The molecule has 1 aliphatic heterocycles. The molecule has 7 nitrogen and oxygen atoms in total. The van der Waals surface area contributed by atoms with Crippen LogP contribution in [0.25, 0.3) is 6.08 Å². The van der Waals surface area contributed by atoms with E-state index in [1.165, 1.54) is 14.0 Å². The minimum Gasteiger partial charge on any atom is -0.490 e. The molecular formula is C24H24BrNO6S. The van der Waals surface area contributed by atoms with Crippen LogP contribution < -0.4 is 9.47 Å². The molecule has 1 saturated heterocycles. The molecule has 0 N–H and O–H groups in total. The molecule has 1 aliphatic rings. The summed E-state index contributed by atoms with van der Waals surface area (Å²) in [6, 6.07) is 10.6. The number of hydrogen-bond acceptors (Lipinski definition) is 7. The molecule has 0 bridgehead atoms. The van der Waals surface area contributed by atoms with Gasteiger partial charge in [-0.2, -0.15) is 0 Å². The topological polar surface area (TPSA) is 82.1 Å². The third kappa shape index (κ3) is 5.78. The summed E-state index contributed by atoms with van der Waals surface area (Å²) in [6.45, 7) is 6.13. The molecule has 1 heterocycles. The van der Waals surface area contributed by atoms with Crippen molar-refractivity contribution in [3.05, 3.63) is 62.5 Å². The van der Waals surface area contributed by atoms with Gasteiger partial charge in [0.2, 0.25) is 0 Å². The van der Waals surface area contributed by atoms with Gasteiger partial charge < -0.3 is 14.2 Å². The number of carbonyl (C=O) groups excluding carboxylic acids is 3. The van der Waals surface area contributed by atoms with E-state index in [9.17, 15) is 14.4 Å². The Labute approximate surface area is 205 Å². The summed E-state index contributed by atoms with van der Waals surface area (Å²) >= 11 is 4.31. The minimum atomic E-state index is -1.00. The van der Waals surface area contributed by atoms with Gasteiger partial charge in [-0.05, 0) is 77.8 Å². The molecule has 0 aromatic heterocycles. The van der Waals surface area contributed by atoms with Gasteiger partial charge in [0.05, 0.1) is 23.1 Å². The summed E-state index contributed by atoms with van der Waals surface area (Å²) in [6.07, 6.45) is 1.59. The normalized spacial score (nSPS) is 15.7. The molecule has 174 valence electrons. The van der Waals surface area contributed by atoms with E-state index in [0.29, 0.717) is 34.7 Å². The highest BCUT2D eigenvalue weighted by Crippen LogP contribution is 2.40. The van der Waals surface area contributed by atoms with Crippen molar-refractivity contribution in [3.8, 4) is 11.5 Å². The Morgan fingerprint density at radius 2 is 1.97 bits per heavy atom. The maximum absolute atomic E-state index is 12.8. The average molecular weight is 534 g/mol. The number of rotatable bonds is 8. The van der Waals surface area contributed by atoms with E-state index in [1.807, 2.05) is 38.1 Å². The summed E-state index contributed by atoms with van der Waals surface area (Å²) in [5.74, 6) is -0.150. The highest BCUT2D eigenvalue weighted by molar-refractivity contribution is 9.10. The van der Waals surface area contributed by atoms with Crippen molar-refractivity contribution >= 4 is 50.9 Å². The maximum Gasteiger partial charge on any atom is 0.328 e. The second-order valence-electron chi connectivity index (χ2n) is 7.29. The monoisotopic (exact) mass is 533 g/mol. The fourth-order valence-corrected chi connectivity index (χ4v) is 4.76. The number of thioether (sulfide) groups is 1. The van der Waals surface area contributed by atoms with Crippen LogP contribution in [0.5, 0.6) is 11.5 Å². The van der Waals surface area contributed by atoms with Crippen LogP contribution >= 0.6 is 27.7 Å². The lowest BCUT2D eigenvalue weighted by Crippen LogP contribution is -2.42. The van der Waals surface area contributed by atoms with Gasteiger partial charge in [0.25, 0.3) is 11.1 Å². The SMILES string of the molecule is CCOc1cc(/C=C2/SC(=O)N([C@@H](C)C(=O)OC)C2=O)cc(Br)c1OCc1cccc(C)c1. The quantitative estimate of drug-likeness (QED) is 0.334. The number of benzene rings is 2. The summed E-state index contributed by atoms with van der Waals surface area (Å²) in [4.78, 5) is 38.0. The molecule has 2 aromatic rings. The zero-order chi connectivity index (χ0) is 24.1. The van der Waals surface area contributed by atoms with E-state index < -0.39 is 23.2 Å². The first-order chi connectivity index (χ1) is 15.7. The van der Waals surface area contributed by atoms with Crippen LogP contribution in [-0.2, 0) is 20.9 Å². The molecule has 0 unspecified atom stereocenters. The highest BCUT2D eigenvalue weighted by atomic mass is 79.9. The van der Waals surface area contributed by atoms with Crippen LogP contribution in [0.15, 0.2) is 45.8 Å². The van der Waals surface area contributed by atoms with E-state index in [2.05, 4.69) is 20.7 Å². The highest BCUT2D eigenvalue weighted by Gasteiger charge is 2.41. The first kappa shape index (κ1) is 24.9. The minimum absolute atomic E-state index is 0.207. The standard InChI is InChI=1S/C24H24BrNO6S/c1-5-31-19-11-17(10-18(25)21(19)32-13-16-8-6-7-14(2)9-16)12-20-22(27)26(24(29)33-20)15(3)23(28)30-4/h6-12,15H,5,13H2,1-4H3/b20-12+/t15-/m0/s1. The van der Waals surface area contributed by atoms with E-state index in [0.717, 1.165) is 27.8 Å². The zero-order valence-corrected chi connectivity index (χ0v) is 21.1. The van der Waals surface area contributed by atoms with Gasteiger partial charge in [0.15, 0.2) is 11.5 Å². The number of imide groups is 1. The van der Waals surface area contributed by atoms with E-state index in [-0.39, 0.29) is 4.91 Å². The number of amides is 2. The third-order valence-corrected chi connectivity index (χ3v) is 6.32. The average Bonchev–Trinajstić information content (AvgIpc) is 3.05. The summed E-state index contributed by atoms with van der Waals surface area (Å²) in [5, 5.41) is -0.522. The van der Waals surface area contributed by atoms with Crippen LogP contribution in [-0.4, -0.2) is 41.8 Å². The molecule has 0 aliphatic carbocycles. The van der Waals surface area contributed by atoms with Crippen molar-refractivity contribution in [3.63, 3.8) is 0 Å². The second-order valence-corrected chi connectivity index (χ2v) is 9.14. The van der Waals surface area contributed by atoms with Crippen molar-refractivity contribution in [2.24, 2.45) is 0 Å². The number of methoxy groups -OCH3 is 1. The first-order valence-electron chi connectivity index (χ1n) is 10.2. The smallest absolute Gasteiger partial charge is 0.328 e. The van der Waals surface area contributed by atoms with Crippen molar-refractivity contribution in [2.75, 3.05) is 13.7 Å². The predicted octanol–water partition coefficient (Wildman–Crippen LogP) is 5.33. The van der Waals surface area contributed by atoms with Crippen molar-refractivity contribution < 1.29 is 28.6 Å².